The lowest BCUT2D eigenvalue weighted by Crippen LogP contribution is -2.57. The lowest BCUT2D eigenvalue weighted by atomic mass is 9.88. The van der Waals surface area contributed by atoms with Crippen molar-refractivity contribution in [2.45, 2.75) is 45.6 Å². The van der Waals surface area contributed by atoms with Crippen LogP contribution in [0.1, 0.15) is 40.0 Å². The lowest BCUT2D eigenvalue weighted by molar-refractivity contribution is 0.148. The first-order valence-corrected chi connectivity index (χ1v) is 6.28. The Labute approximate surface area is 98.6 Å². The molecule has 0 saturated carbocycles. The molecule has 0 radical (unpaired) electrons. The van der Waals surface area contributed by atoms with E-state index in [9.17, 15) is 4.79 Å². The molecule has 1 unspecified atom stereocenters. The van der Waals surface area contributed by atoms with Gasteiger partial charge in [0.2, 0.25) is 0 Å². The highest BCUT2D eigenvalue weighted by molar-refractivity contribution is 5.74. The third kappa shape index (κ3) is 3.67. The highest BCUT2D eigenvalue weighted by Crippen LogP contribution is 2.21. The van der Waals surface area contributed by atoms with Gasteiger partial charge >= 0.3 is 6.03 Å². The van der Waals surface area contributed by atoms with Crippen LogP contribution in [0, 0.1) is 5.92 Å². The van der Waals surface area contributed by atoms with Crippen molar-refractivity contribution >= 4 is 6.03 Å². The van der Waals surface area contributed by atoms with Gasteiger partial charge in [0.1, 0.15) is 0 Å². The Morgan fingerprint density at radius 2 is 2.25 bits per heavy atom. The summed E-state index contributed by atoms with van der Waals surface area (Å²) in [5, 5.41) is 2.95. The van der Waals surface area contributed by atoms with Crippen molar-refractivity contribution in [3.05, 3.63) is 0 Å². The van der Waals surface area contributed by atoms with Gasteiger partial charge in [0.05, 0.1) is 0 Å². The summed E-state index contributed by atoms with van der Waals surface area (Å²) >= 11 is 0. The smallest absolute Gasteiger partial charge is 0.317 e. The van der Waals surface area contributed by atoms with Crippen molar-refractivity contribution in [2.24, 2.45) is 11.7 Å². The van der Waals surface area contributed by atoms with E-state index in [-0.39, 0.29) is 11.6 Å². The van der Waals surface area contributed by atoms with Gasteiger partial charge in [-0.1, -0.05) is 20.8 Å². The zero-order valence-corrected chi connectivity index (χ0v) is 10.8. The Hall–Kier alpha value is -0.770. The molecule has 0 aromatic heterocycles. The molecular formula is C12H25N3O. The summed E-state index contributed by atoms with van der Waals surface area (Å²) in [6.07, 6.45) is 2.97. The average molecular weight is 227 g/mol. The number of carbonyl (C=O) groups is 1. The maximum absolute atomic E-state index is 11.9. The first kappa shape index (κ1) is 13.3. The number of hydrogen-bond acceptors (Lipinski definition) is 2. The van der Waals surface area contributed by atoms with Crippen LogP contribution in [0.25, 0.3) is 0 Å². The topological polar surface area (TPSA) is 58.4 Å². The standard InChI is InChI=1S/C12H25N3O/c1-4-12(13)6-5-7-15(9-12)11(16)14-8-10(2)3/h10H,4-9,13H2,1-3H3,(H,14,16). The number of nitrogens with two attached hydrogens (primary N) is 1. The Balaban J connectivity index is 2.44. The van der Waals surface area contributed by atoms with E-state index in [0.717, 1.165) is 32.4 Å². The normalized spacial score (nSPS) is 25.9. The van der Waals surface area contributed by atoms with Crippen LogP contribution >= 0.6 is 0 Å². The number of rotatable bonds is 3. The van der Waals surface area contributed by atoms with E-state index in [1.807, 2.05) is 4.90 Å². The number of piperidine rings is 1. The second kappa shape index (κ2) is 5.53. The minimum atomic E-state index is -0.173. The van der Waals surface area contributed by atoms with E-state index in [1.54, 1.807) is 0 Å². The molecule has 1 saturated heterocycles. The van der Waals surface area contributed by atoms with Crippen LogP contribution in [-0.4, -0.2) is 36.1 Å². The van der Waals surface area contributed by atoms with Crippen molar-refractivity contribution in [3.63, 3.8) is 0 Å². The van der Waals surface area contributed by atoms with Crippen LogP contribution in [-0.2, 0) is 0 Å². The van der Waals surface area contributed by atoms with E-state index >= 15 is 0 Å². The summed E-state index contributed by atoms with van der Waals surface area (Å²) in [5.74, 6) is 0.488. The molecule has 1 atom stereocenters. The van der Waals surface area contributed by atoms with Gasteiger partial charge < -0.3 is 16.0 Å². The Morgan fingerprint density at radius 3 is 2.81 bits per heavy atom. The van der Waals surface area contributed by atoms with Crippen LogP contribution in [0.5, 0.6) is 0 Å². The SMILES string of the molecule is CCC1(N)CCCN(C(=O)NCC(C)C)C1. The molecule has 94 valence electrons. The number of amides is 2. The maximum atomic E-state index is 11.9. The molecule has 0 bridgehead atoms. The number of likely N-dealkylation sites (tertiary alicyclic amines) is 1. The number of urea groups is 1. The van der Waals surface area contributed by atoms with E-state index < -0.39 is 0 Å². The third-order valence-corrected chi connectivity index (χ3v) is 3.26. The first-order valence-electron chi connectivity index (χ1n) is 6.28. The van der Waals surface area contributed by atoms with Gasteiger partial charge in [-0.25, -0.2) is 4.79 Å². The minimum absolute atomic E-state index is 0.0386. The van der Waals surface area contributed by atoms with Crippen molar-refractivity contribution in [1.82, 2.24) is 10.2 Å². The lowest BCUT2D eigenvalue weighted by Gasteiger charge is -2.39. The molecule has 1 rings (SSSR count). The summed E-state index contributed by atoms with van der Waals surface area (Å²) in [5.41, 5.74) is 6.05. The second-order valence-electron chi connectivity index (χ2n) is 5.32. The summed E-state index contributed by atoms with van der Waals surface area (Å²) < 4.78 is 0. The van der Waals surface area contributed by atoms with E-state index in [0.29, 0.717) is 12.5 Å². The Morgan fingerprint density at radius 1 is 1.56 bits per heavy atom. The number of nitrogens with zero attached hydrogens (tertiary/aromatic N) is 1. The van der Waals surface area contributed by atoms with Gasteiger partial charge in [-0.15, -0.1) is 0 Å². The summed E-state index contributed by atoms with van der Waals surface area (Å²) in [4.78, 5) is 13.7. The van der Waals surface area contributed by atoms with Gasteiger partial charge in [-0.05, 0) is 25.2 Å². The van der Waals surface area contributed by atoms with E-state index in [2.05, 4.69) is 26.1 Å². The summed E-state index contributed by atoms with van der Waals surface area (Å²) in [6.45, 7) is 8.54. The van der Waals surface area contributed by atoms with E-state index in [4.69, 9.17) is 5.73 Å². The molecule has 1 heterocycles. The van der Waals surface area contributed by atoms with Crippen LogP contribution in [0.4, 0.5) is 4.79 Å². The van der Waals surface area contributed by atoms with Gasteiger partial charge in [0, 0.05) is 25.2 Å². The third-order valence-electron chi connectivity index (χ3n) is 3.26. The van der Waals surface area contributed by atoms with Crippen molar-refractivity contribution in [1.29, 1.82) is 0 Å². The molecule has 1 fully saturated rings. The fraction of sp³-hybridized carbons (Fsp3) is 0.917. The molecule has 2 amide bonds. The summed E-state index contributed by atoms with van der Waals surface area (Å²) in [7, 11) is 0. The van der Waals surface area contributed by atoms with Gasteiger partial charge in [-0.3, -0.25) is 0 Å². The molecule has 3 N–H and O–H groups in total. The summed E-state index contributed by atoms with van der Waals surface area (Å²) in [6, 6.07) is 0.0386. The van der Waals surface area contributed by atoms with Gasteiger partial charge in [0.25, 0.3) is 0 Å². The molecule has 16 heavy (non-hydrogen) atoms. The molecule has 0 aromatic rings. The average Bonchev–Trinajstić information content (AvgIpc) is 2.26. The first-order chi connectivity index (χ1) is 7.47. The largest absolute Gasteiger partial charge is 0.338 e. The zero-order valence-electron chi connectivity index (χ0n) is 10.8. The second-order valence-corrected chi connectivity index (χ2v) is 5.32. The van der Waals surface area contributed by atoms with Crippen molar-refractivity contribution in [3.8, 4) is 0 Å². The fourth-order valence-electron chi connectivity index (χ4n) is 2.03. The Kier molecular flexibility index (Phi) is 4.59. The zero-order chi connectivity index (χ0) is 12.2. The number of carbonyl (C=O) groups excluding carboxylic acids is 1. The van der Waals surface area contributed by atoms with Gasteiger partial charge in [0.15, 0.2) is 0 Å². The van der Waals surface area contributed by atoms with Crippen LogP contribution in [0.15, 0.2) is 0 Å². The molecule has 0 aromatic carbocycles. The minimum Gasteiger partial charge on any atom is -0.338 e. The molecule has 1 aliphatic heterocycles. The highest BCUT2D eigenvalue weighted by Gasteiger charge is 2.31. The Bertz CT molecular complexity index is 242. The van der Waals surface area contributed by atoms with E-state index in [1.165, 1.54) is 0 Å². The highest BCUT2D eigenvalue weighted by atomic mass is 16.2. The molecule has 1 aliphatic rings. The van der Waals surface area contributed by atoms with Crippen LogP contribution < -0.4 is 11.1 Å². The van der Waals surface area contributed by atoms with Crippen molar-refractivity contribution in [2.75, 3.05) is 19.6 Å². The van der Waals surface area contributed by atoms with Crippen LogP contribution in [0.3, 0.4) is 0 Å². The molecule has 0 spiro atoms. The molecule has 4 nitrogen and oxygen atoms in total. The predicted molar refractivity (Wildman–Crippen MR) is 66.3 cm³/mol. The maximum Gasteiger partial charge on any atom is 0.317 e. The van der Waals surface area contributed by atoms with Crippen LogP contribution in [0.2, 0.25) is 0 Å². The number of nitrogens with one attached hydrogen (secondary N) is 1. The van der Waals surface area contributed by atoms with Crippen molar-refractivity contribution < 1.29 is 4.79 Å². The number of hydrogen-bond donors (Lipinski definition) is 2. The molecule has 0 aliphatic carbocycles. The molecule has 4 heteroatoms. The predicted octanol–water partition coefficient (Wildman–Crippen LogP) is 1.56. The fourth-order valence-corrected chi connectivity index (χ4v) is 2.03. The quantitative estimate of drug-likeness (QED) is 0.768. The van der Waals surface area contributed by atoms with Gasteiger partial charge in [-0.2, -0.15) is 0 Å². The monoisotopic (exact) mass is 227 g/mol. The molecular weight excluding hydrogens is 202 g/mol.